The second-order valence-electron chi connectivity index (χ2n) is 6.46. The topological polar surface area (TPSA) is 95.5 Å². The Hall–Kier alpha value is -3.08. The van der Waals surface area contributed by atoms with Gasteiger partial charge in [0.15, 0.2) is 0 Å². The zero-order valence-electron chi connectivity index (χ0n) is 15.2. The molecule has 144 valence electrons. The molecule has 0 aliphatic rings. The van der Waals surface area contributed by atoms with Crippen LogP contribution in [0.4, 0.5) is 5.69 Å². The molecule has 0 saturated heterocycles. The Labute approximate surface area is 163 Å². The fourth-order valence-electron chi connectivity index (χ4n) is 3.00. The first-order chi connectivity index (χ1) is 13.5. The molecule has 3 aromatic rings. The van der Waals surface area contributed by atoms with Crippen LogP contribution in [-0.2, 0) is 16.1 Å². The monoisotopic (exact) mass is 396 g/mol. The molecule has 7 heteroatoms. The minimum absolute atomic E-state index is 0.00313. The summed E-state index contributed by atoms with van der Waals surface area (Å²) < 4.78 is 5.41. The van der Waals surface area contributed by atoms with Crippen molar-refractivity contribution in [3.63, 3.8) is 0 Å². The van der Waals surface area contributed by atoms with E-state index in [-0.39, 0.29) is 24.4 Å². The summed E-state index contributed by atoms with van der Waals surface area (Å²) in [6.07, 6.45) is 0.105. The van der Waals surface area contributed by atoms with Crippen LogP contribution in [0.1, 0.15) is 5.56 Å². The Morgan fingerprint density at radius 2 is 1.39 bits per heavy atom. The third kappa shape index (κ3) is 4.60. The van der Waals surface area contributed by atoms with Crippen LogP contribution in [-0.4, -0.2) is 17.1 Å². The Bertz CT molecular complexity index is 908. The van der Waals surface area contributed by atoms with Gasteiger partial charge in [0, 0.05) is 0 Å². The van der Waals surface area contributed by atoms with Crippen molar-refractivity contribution < 1.29 is 14.5 Å². The van der Waals surface area contributed by atoms with E-state index in [2.05, 4.69) is 0 Å². The molecule has 0 heterocycles. The summed E-state index contributed by atoms with van der Waals surface area (Å²) in [6.45, 7) is 0.0465. The second kappa shape index (κ2) is 8.74. The molecule has 0 unspecified atom stereocenters. The van der Waals surface area contributed by atoms with Crippen molar-refractivity contribution in [2.24, 2.45) is 5.50 Å². The van der Waals surface area contributed by atoms with E-state index in [4.69, 9.17) is 10.2 Å². The van der Waals surface area contributed by atoms with E-state index in [9.17, 15) is 14.9 Å². The van der Waals surface area contributed by atoms with Gasteiger partial charge in [-0.2, -0.15) is 0 Å². The van der Waals surface area contributed by atoms with Crippen LogP contribution in [0, 0.1) is 10.1 Å². The maximum atomic E-state index is 12.6. The van der Waals surface area contributed by atoms with Crippen LogP contribution >= 0.6 is 7.41 Å². The second-order valence-corrected chi connectivity index (χ2v) is 9.92. The number of carbonyl (C=O) groups excluding carboxylic acids is 1. The average molecular weight is 396 g/mol. The predicted molar refractivity (Wildman–Crippen MR) is 112 cm³/mol. The first-order valence-corrected chi connectivity index (χ1v) is 11.1. The molecule has 0 fully saturated rings. The number of non-ortho nitro benzene ring substituents is 1. The van der Waals surface area contributed by atoms with Crippen molar-refractivity contribution in [2.75, 3.05) is 6.16 Å². The number of rotatable bonds is 7. The van der Waals surface area contributed by atoms with Gasteiger partial charge in [-0.1, -0.05) is 0 Å². The zero-order chi connectivity index (χ0) is 20.0. The summed E-state index contributed by atoms with van der Waals surface area (Å²) in [4.78, 5) is 22.8. The van der Waals surface area contributed by atoms with Gasteiger partial charge in [0.25, 0.3) is 0 Å². The maximum absolute atomic E-state index is 12.6. The number of nitrogens with two attached hydrogens (primary N) is 1. The molecule has 0 atom stereocenters. The summed E-state index contributed by atoms with van der Waals surface area (Å²) in [7, 11) is -2.79. The van der Waals surface area contributed by atoms with Crippen LogP contribution < -0.4 is 16.1 Å². The summed E-state index contributed by atoms with van der Waals surface area (Å²) >= 11 is 0. The van der Waals surface area contributed by atoms with Crippen LogP contribution in [0.3, 0.4) is 0 Å². The van der Waals surface area contributed by atoms with Crippen molar-refractivity contribution in [3.05, 3.63) is 101 Å². The zero-order valence-corrected chi connectivity index (χ0v) is 16.2. The van der Waals surface area contributed by atoms with Crippen LogP contribution in [0.5, 0.6) is 0 Å². The van der Waals surface area contributed by atoms with E-state index < -0.39 is 12.3 Å². The van der Waals surface area contributed by atoms with Crippen LogP contribution in [0.25, 0.3) is 0 Å². The molecule has 2 N–H and O–H groups in total. The van der Waals surface area contributed by atoms with Crippen molar-refractivity contribution in [1.82, 2.24) is 0 Å². The number of ether oxygens (including phenoxy) is 1. The van der Waals surface area contributed by atoms with Gasteiger partial charge in [0.1, 0.15) is 0 Å². The van der Waals surface area contributed by atoms with E-state index >= 15 is 0 Å². The Kier molecular flexibility index (Phi) is 6.14. The number of nitrogens with zero attached hydrogens (tertiary/aromatic N) is 1. The van der Waals surface area contributed by atoms with E-state index in [0.29, 0.717) is 5.56 Å². The SMILES string of the molecule is N[PH](CC(=O)OCc1ccc([N+](=O)[O-])cc1)(c1ccccc1)c1ccccc1. The van der Waals surface area contributed by atoms with Gasteiger partial charge in [0.2, 0.25) is 0 Å². The first kappa shape index (κ1) is 19.7. The summed E-state index contributed by atoms with van der Waals surface area (Å²) in [5.41, 5.74) is 7.51. The number of hydrogen-bond donors (Lipinski definition) is 1. The molecule has 0 aliphatic heterocycles. The number of nitro groups is 1. The Morgan fingerprint density at radius 1 is 0.893 bits per heavy atom. The van der Waals surface area contributed by atoms with Gasteiger partial charge in [-0.15, -0.1) is 0 Å². The van der Waals surface area contributed by atoms with E-state index in [1.165, 1.54) is 12.1 Å². The predicted octanol–water partition coefficient (Wildman–Crippen LogP) is 2.91. The normalized spacial score (nSPS) is 11.6. The molecule has 3 aromatic carbocycles. The third-order valence-corrected chi connectivity index (χ3v) is 8.12. The van der Waals surface area contributed by atoms with Crippen LogP contribution in [0.15, 0.2) is 84.9 Å². The van der Waals surface area contributed by atoms with Gasteiger partial charge < -0.3 is 0 Å². The van der Waals surface area contributed by atoms with Crippen LogP contribution in [0.2, 0.25) is 0 Å². The molecule has 0 aliphatic carbocycles. The number of benzene rings is 3. The molecular formula is C21H21N2O4P. The summed E-state index contributed by atoms with van der Waals surface area (Å²) in [5.74, 6) is -0.389. The number of carbonyl (C=O) groups is 1. The molecule has 0 aromatic heterocycles. The van der Waals surface area contributed by atoms with E-state index in [1.807, 2.05) is 60.7 Å². The molecule has 0 amide bonds. The number of nitro benzene ring substituents is 1. The third-order valence-electron chi connectivity index (χ3n) is 4.55. The van der Waals surface area contributed by atoms with Crippen molar-refractivity contribution in [2.45, 2.75) is 6.61 Å². The molecule has 0 bridgehead atoms. The minimum atomic E-state index is -2.79. The first-order valence-electron chi connectivity index (χ1n) is 8.78. The van der Waals surface area contributed by atoms with Gasteiger partial charge in [0.05, 0.1) is 0 Å². The fourth-order valence-corrected chi connectivity index (χ4v) is 5.87. The van der Waals surface area contributed by atoms with Gasteiger partial charge in [-0.25, -0.2) is 0 Å². The van der Waals surface area contributed by atoms with E-state index in [1.54, 1.807) is 12.1 Å². The van der Waals surface area contributed by atoms with Crippen molar-refractivity contribution >= 4 is 29.7 Å². The quantitative estimate of drug-likeness (QED) is 0.287. The van der Waals surface area contributed by atoms with E-state index in [0.717, 1.165) is 10.6 Å². The molecular weight excluding hydrogens is 375 g/mol. The average Bonchev–Trinajstić information content (AvgIpc) is 2.73. The fraction of sp³-hybridized carbons (Fsp3) is 0.0952. The molecule has 0 radical (unpaired) electrons. The number of esters is 1. The van der Waals surface area contributed by atoms with Gasteiger partial charge >= 0.3 is 163 Å². The summed E-state index contributed by atoms with van der Waals surface area (Å²) in [6, 6.07) is 25.2. The Morgan fingerprint density at radius 3 is 1.86 bits per heavy atom. The molecule has 28 heavy (non-hydrogen) atoms. The standard InChI is InChI=1S/C21H21N2O4P/c22-28(19-7-3-1-4-8-19,20-9-5-2-6-10-20)16-21(24)27-15-17-11-13-18(14-12-17)23(25)26/h1-14,28H,15-16,22H2. The molecule has 6 nitrogen and oxygen atoms in total. The molecule has 0 saturated carbocycles. The number of hydrogen-bond acceptors (Lipinski definition) is 5. The van der Waals surface area contributed by atoms with Gasteiger partial charge in [-0.05, 0) is 0 Å². The molecule has 0 spiro atoms. The van der Waals surface area contributed by atoms with Crippen molar-refractivity contribution in [3.8, 4) is 0 Å². The van der Waals surface area contributed by atoms with Gasteiger partial charge in [-0.3, -0.25) is 0 Å². The summed E-state index contributed by atoms with van der Waals surface area (Å²) in [5, 5.41) is 12.6. The Balaban J connectivity index is 1.74. The van der Waals surface area contributed by atoms with Crippen molar-refractivity contribution in [1.29, 1.82) is 0 Å². The molecule has 3 rings (SSSR count).